The lowest BCUT2D eigenvalue weighted by atomic mass is 10.3. The lowest BCUT2D eigenvalue weighted by Gasteiger charge is -2.04. The summed E-state index contributed by atoms with van der Waals surface area (Å²) in [5.74, 6) is -0.352. The van der Waals surface area contributed by atoms with Gasteiger partial charge in [0.15, 0.2) is 16.6 Å². The largest absolute Gasteiger partial charge is 0.290 e. The van der Waals surface area contributed by atoms with Crippen molar-refractivity contribution in [1.82, 2.24) is 20.5 Å². The number of amidine groups is 1. The van der Waals surface area contributed by atoms with E-state index in [1.54, 1.807) is 0 Å². The summed E-state index contributed by atoms with van der Waals surface area (Å²) in [6.07, 6.45) is 1.05. The van der Waals surface area contributed by atoms with Crippen LogP contribution in [0.3, 0.4) is 0 Å². The lowest BCUT2D eigenvalue weighted by molar-refractivity contribution is 0.234. The number of rotatable bonds is 7. The molecule has 0 spiro atoms. The maximum Gasteiger partial charge on any atom is 0.208 e. The maximum absolute atomic E-state index is 13.2. The van der Waals surface area contributed by atoms with E-state index in [9.17, 15) is 18.0 Å². The molecule has 0 atom stereocenters. The molecule has 136 valence electrons. The van der Waals surface area contributed by atoms with Crippen LogP contribution in [0.15, 0.2) is 32.8 Å². The number of sulfonamides is 1. The van der Waals surface area contributed by atoms with E-state index in [0.717, 1.165) is 24.1 Å². The molecule has 0 saturated heterocycles. The zero-order valence-electron chi connectivity index (χ0n) is 12.7. The molecule has 9 nitrogen and oxygen atoms in total. The van der Waals surface area contributed by atoms with Gasteiger partial charge in [0.1, 0.15) is 5.82 Å². The van der Waals surface area contributed by atoms with E-state index >= 15 is 0 Å². The first-order valence-electron chi connectivity index (χ1n) is 6.64. The molecule has 0 aliphatic carbocycles. The molecule has 1 heterocycles. The van der Waals surface area contributed by atoms with Crippen molar-refractivity contribution in [3.63, 3.8) is 0 Å². The van der Waals surface area contributed by atoms with Crippen LogP contribution in [-0.2, 0) is 10.0 Å². The van der Waals surface area contributed by atoms with Crippen LogP contribution in [0.4, 0.5) is 10.1 Å². The number of nitrogens with one attached hydrogen (secondary N) is 2. The Kier molecular flexibility index (Phi) is 6.72. The van der Waals surface area contributed by atoms with Gasteiger partial charge in [-0.05, 0) is 28.5 Å². The minimum Gasteiger partial charge on any atom is -0.290 e. The standard InChI is InChI=1S/C12H13ClFN5O4S2/c1-25(21,22)15-4-5-24-12-10(18-23-19-12)11(17-20)16-7-2-3-9(14)8(13)6-7/h2-3,6,15,20H,4-5H2,1H3,(H,16,17). The van der Waals surface area contributed by atoms with Crippen LogP contribution in [-0.4, -0.2) is 48.3 Å². The Balaban J connectivity index is 2.14. The number of benzene rings is 1. The lowest BCUT2D eigenvalue weighted by Crippen LogP contribution is -2.24. The topological polar surface area (TPSA) is 130 Å². The van der Waals surface area contributed by atoms with Gasteiger partial charge < -0.3 is 0 Å². The molecule has 2 aromatic rings. The molecule has 0 unspecified atom stereocenters. The molecule has 1 aromatic heterocycles. The van der Waals surface area contributed by atoms with Gasteiger partial charge in [0.2, 0.25) is 10.0 Å². The first-order chi connectivity index (χ1) is 11.8. The zero-order valence-corrected chi connectivity index (χ0v) is 15.1. The van der Waals surface area contributed by atoms with Gasteiger partial charge >= 0.3 is 0 Å². The Morgan fingerprint density at radius 1 is 1.48 bits per heavy atom. The Hall–Kier alpha value is -1.73. The second kappa shape index (κ2) is 8.58. The Morgan fingerprint density at radius 2 is 2.24 bits per heavy atom. The highest BCUT2D eigenvalue weighted by atomic mass is 35.5. The molecule has 0 amide bonds. The number of halogens is 2. The van der Waals surface area contributed by atoms with Crippen molar-refractivity contribution >= 4 is 44.9 Å². The van der Waals surface area contributed by atoms with Crippen molar-refractivity contribution in [1.29, 1.82) is 0 Å². The monoisotopic (exact) mass is 409 g/mol. The van der Waals surface area contributed by atoms with Gasteiger partial charge in [-0.25, -0.2) is 27.2 Å². The number of hydroxylamine groups is 1. The van der Waals surface area contributed by atoms with E-state index in [1.165, 1.54) is 12.1 Å². The number of aromatic nitrogens is 2. The fourth-order valence-corrected chi connectivity index (χ4v) is 3.14. The van der Waals surface area contributed by atoms with Gasteiger partial charge in [-0.2, -0.15) is 0 Å². The highest BCUT2D eigenvalue weighted by Gasteiger charge is 2.17. The first-order valence-corrected chi connectivity index (χ1v) is 9.90. The van der Waals surface area contributed by atoms with Crippen molar-refractivity contribution in [2.45, 2.75) is 5.03 Å². The molecule has 1 aromatic carbocycles. The Labute approximate surface area is 151 Å². The SMILES string of the molecule is CS(=O)(=O)NCCSc1nonc1C(=Nc1ccc(F)c(Cl)c1)NO. The van der Waals surface area contributed by atoms with E-state index in [4.69, 9.17) is 11.6 Å². The van der Waals surface area contributed by atoms with Crippen LogP contribution in [0.2, 0.25) is 5.02 Å². The summed E-state index contributed by atoms with van der Waals surface area (Å²) in [5.41, 5.74) is 2.24. The van der Waals surface area contributed by atoms with Gasteiger partial charge in [-0.3, -0.25) is 10.7 Å². The Bertz CT molecular complexity index is 874. The molecular weight excluding hydrogens is 397 g/mol. The highest BCUT2D eigenvalue weighted by Crippen LogP contribution is 2.24. The molecule has 0 fully saturated rings. The van der Waals surface area contributed by atoms with Gasteiger partial charge in [0.25, 0.3) is 0 Å². The van der Waals surface area contributed by atoms with E-state index < -0.39 is 15.8 Å². The average molecular weight is 410 g/mol. The molecule has 0 aliphatic heterocycles. The third-order valence-corrected chi connectivity index (χ3v) is 4.61. The van der Waals surface area contributed by atoms with Crippen LogP contribution in [0.25, 0.3) is 0 Å². The quantitative estimate of drug-likeness (QED) is 0.206. The number of thioether (sulfide) groups is 1. The normalized spacial score (nSPS) is 12.4. The van der Waals surface area contributed by atoms with Crippen molar-refractivity contribution < 1.29 is 22.6 Å². The number of aliphatic imine (C=N–C) groups is 1. The minimum atomic E-state index is -3.29. The molecule has 3 N–H and O–H groups in total. The Morgan fingerprint density at radius 3 is 2.88 bits per heavy atom. The molecule has 0 radical (unpaired) electrons. The molecular formula is C12H13ClFN5O4S2. The van der Waals surface area contributed by atoms with Crippen molar-refractivity contribution in [2.75, 3.05) is 18.6 Å². The molecule has 0 bridgehead atoms. The second-order valence-corrected chi connectivity index (χ2v) is 7.93. The van der Waals surface area contributed by atoms with E-state index in [-0.39, 0.29) is 33.8 Å². The summed E-state index contributed by atoms with van der Waals surface area (Å²) in [6, 6.07) is 3.75. The molecule has 0 aliphatic rings. The smallest absolute Gasteiger partial charge is 0.208 e. The van der Waals surface area contributed by atoms with Crippen LogP contribution < -0.4 is 10.2 Å². The summed E-state index contributed by atoms with van der Waals surface area (Å²) >= 11 is 6.83. The first kappa shape index (κ1) is 19.6. The maximum atomic E-state index is 13.2. The van der Waals surface area contributed by atoms with E-state index in [1.807, 2.05) is 5.48 Å². The van der Waals surface area contributed by atoms with Crippen LogP contribution in [0.5, 0.6) is 0 Å². The summed E-state index contributed by atoms with van der Waals surface area (Å²) < 4.78 is 42.1. The fraction of sp³-hybridized carbons (Fsp3) is 0.250. The van der Waals surface area contributed by atoms with Gasteiger partial charge in [0, 0.05) is 12.3 Å². The summed E-state index contributed by atoms with van der Waals surface area (Å²) in [6.45, 7) is 0.169. The van der Waals surface area contributed by atoms with Crippen molar-refractivity contribution in [2.24, 2.45) is 4.99 Å². The van der Waals surface area contributed by atoms with Crippen molar-refractivity contribution in [3.8, 4) is 0 Å². The third-order valence-electron chi connectivity index (χ3n) is 2.64. The summed E-state index contributed by atoms with van der Waals surface area (Å²) in [7, 11) is -3.29. The number of hydrogen-bond acceptors (Lipinski definition) is 8. The number of nitrogens with zero attached hydrogens (tertiary/aromatic N) is 3. The molecule has 2 rings (SSSR count). The number of hydrogen-bond donors (Lipinski definition) is 3. The molecule has 25 heavy (non-hydrogen) atoms. The highest BCUT2D eigenvalue weighted by molar-refractivity contribution is 7.99. The van der Waals surface area contributed by atoms with E-state index in [0.29, 0.717) is 5.75 Å². The van der Waals surface area contributed by atoms with Gasteiger partial charge in [0.05, 0.1) is 17.0 Å². The zero-order chi connectivity index (χ0) is 18.4. The summed E-state index contributed by atoms with van der Waals surface area (Å²) in [4.78, 5) is 4.07. The fourth-order valence-electron chi connectivity index (χ4n) is 1.61. The average Bonchev–Trinajstić information content (AvgIpc) is 3.00. The summed E-state index contributed by atoms with van der Waals surface area (Å²) in [5, 5.41) is 16.8. The van der Waals surface area contributed by atoms with Crippen LogP contribution in [0.1, 0.15) is 5.69 Å². The van der Waals surface area contributed by atoms with Crippen molar-refractivity contribution in [3.05, 3.63) is 34.7 Å². The second-order valence-electron chi connectivity index (χ2n) is 4.60. The van der Waals surface area contributed by atoms with E-state index in [2.05, 4.69) is 24.7 Å². The predicted octanol–water partition coefficient (Wildman–Crippen LogP) is 1.56. The predicted molar refractivity (Wildman–Crippen MR) is 90.4 cm³/mol. The third kappa shape index (κ3) is 5.93. The molecule has 13 heteroatoms. The van der Waals surface area contributed by atoms with Crippen LogP contribution >= 0.6 is 23.4 Å². The molecule has 0 saturated carbocycles. The van der Waals surface area contributed by atoms with Gasteiger partial charge in [-0.15, -0.1) is 0 Å². The minimum absolute atomic E-state index is 0.0949. The van der Waals surface area contributed by atoms with Crippen LogP contribution in [0, 0.1) is 5.82 Å². The van der Waals surface area contributed by atoms with Gasteiger partial charge in [-0.1, -0.05) is 23.4 Å².